The van der Waals surface area contributed by atoms with Crippen LogP contribution in [0.4, 0.5) is 17.1 Å². The number of hydrogen-bond acceptors (Lipinski definition) is 1. The molecule has 0 saturated carbocycles. The Morgan fingerprint density at radius 3 is 1.42 bits per heavy atom. The molecular formula is C73H50N2Si. The van der Waals surface area contributed by atoms with E-state index < -0.39 is 13.5 Å². The molecule has 1 aliphatic heterocycles. The van der Waals surface area contributed by atoms with Crippen molar-refractivity contribution in [3.05, 3.63) is 326 Å². The first-order chi connectivity index (χ1) is 37.7. The van der Waals surface area contributed by atoms with Crippen LogP contribution in [-0.2, 0) is 5.41 Å². The molecule has 0 fully saturated rings. The molecule has 0 radical (unpaired) electrons. The van der Waals surface area contributed by atoms with Crippen LogP contribution < -0.4 is 25.6 Å². The van der Waals surface area contributed by atoms with Crippen LogP contribution in [0.1, 0.15) is 22.3 Å². The lowest BCUT2D eigenvalue weighted by Gasteiger charge is -2.35. The van der Waals surface area contributed by atoms with Crippen LogP contribution in [-0.4, -0.2) is 12.6 Å². The third kappa shape index (κ3) is 6.46. The number of hydrogen-bond donors (Lipinski definition) is 0. The minimum absolute atomic E-state index is 0.559. The average molecular weight is 983 g/mol. The van der Waals surface area contributed by atoms with E-state index in [1.165, 1.54) is 98.2 Å². The highest BCUT2D eigenvalue weighted by molar-refractivity contribution is 7.22. The Morgan fingerprint density at radius 2 is 0.776 bits per heavy atom. The summed E-state index contributed by atoms with van der Waals surface area (Å²) in [5, 5.41) is 8.07. The van der Waals surface area contributed by atoms with Crippen molar-refractivity contribution in [2.75, 3.05) is 4.90 Å². The van der Waals surface area contributed by atoms with Crippen molar-refractivity contribution in [3.63, 3.8) is 0 Å². The van der Waals surface area contributed by atoms with Gasteiger partial charge in [0.25, 0.3) is 0 Å². The smallest absolute Gasteiger partial charge is 0.180 e. The molecule has 0 atom stereocenters. The number of anilines is 3. The molecular weight excluding hydrogens is 933 g/mol. The lowest BCUT2D eigenvalue weighted by Crippen LogP contribution is -2.72. The molecule has 76 heavy (non-hydrogen) atoms. The maximum atomic E-state index is 2.53. The van der Waals surface area contributed by atoms with E-state index in [-0.39, 0.29) is 0 Å². The Labute approximate surface area is 444 Å². The van der Waals surface area contributed by atoms with Crippen molar-refractivity contribution < 1.29 is 0 Å². The van der Waals surface area contributed by atoms with E-state index in [4.69, 9.17) is 0 Å². The zero-order chi connectivity index (χ0) is 50.2. The minimum Gasteiger partial charge on any atom is -0.310 e. The Balaban J connectivity index is 0.984. The van der Waals surface area contributed by atoms with E-state index in [1.807, 2.05) is 0 Å². The van der Waals surface area contributed by atoms with Gasteiger partial charge in [-0.3, -0.25) is 0 Å². The molecule has 3 heteroatoms. The van der Waals surface area contributed by atoms with Crippen LogP contribution in [0.15, 0.2) is 303 Å². The highest BCUT2D eigenvalue weighted by atomic mass is 28.3. The van der Waals surface area contributed by atoms with Crippen LogP contribution in [0.25, 0.3) is 60.9 Å². The van der Waals surface area contributed by atoms with E-state index in [0.717, 1.165) is 22.7 Å². The van der Waals surface area contributed by atoms with E-state index in [2.05, 4.69) is 313 Å². The molecule has 13 aromatic rings. The van der Waals surface area contributed by atoms with Gasteiger partial charge in [-0.05, 0) is 137 Å². The van der Waals surface area contributed by atoms with Gasteiger partial charge in [0.1, 0.15) is 0 Å². The largest absolute Gasteiger partial charge is 0.310 e. The second kappa shape index (κ2) is 17.6. The number of rotatable bonds is 9. The van der Waals surface area contributed by atoms with Crippen LogP contribution >= 0.6 is 0 Å². The van der Waals surface area contributed by atoms with Crippen molar-refractivity contribution in [2.45, 2.75) is 5.41 Å². The lowest BCUT2D eigenvalue weighted by atomic mass is 9.67. The van der Waals surface area contributed by atoms with Gasteiger partial charge in [-0.25, -0.2) is 0 Å². The molecule has 1 aliphatic carbocycles. The predicted octanol–water partition coefficient (Wildman–Crippen LogP) is 15.6. The highest BCUT2D eigenvalue weighted by Gasteiger charge is 2.49. The molecule has 0 N–H and O–H groups in total. The summed E-state index contributed by atoms with van der Waals surface area (Å²) in [6.45, 7) is 0. The van der Waals surface area contributed by atoms with Crippen molar-refractivity contribution in [1.82, 2.24) is 4.57 Å². The molecule has 2 aliphatic rings. The molecule has 1 aromatic heterocycles. The van der Waals surface area contributed by atoms with E-state index in [1.54, 1.807) is 0 Å². The van der Waals surface area contributed by atoms with Gasteiger partial charge in [0.2, 0.25) is 0 Å². The van der Waals surface area contributed by atoms with Crippen LogP contribution in [0.5, 0.6) is 0 Å². The first-order valence-electron chi connectivity index (χ1n) is 26.4. The second-order valence-electron chi connectivity index (χ2n) is 20.3. The molecule has 0 bridgehead atoms. The summed E-state index contributed by atoms with van der Waals surface area (Å²) >= 11 is 0. The maximum absolute atomic E-state index is 2.97. The third-order valence-electron chi connectivity index (χ3n) is 16.5. The zero-order valence-electron chi connectivity index (χ0n) is 41.8. The van der Waals surface area contributed by atoms with Gasteiger partial charge in [0.05, 0.1) is 16.4 Å². The summed E-state index contributed by atoms with van der Waals surface area (Å²) < 4.78 is 2.41. The van der Waals surface area contributed by atoms with Gasteiger partial charge in [-0.1, -0.05) is 243 Å². The summed E-state index contributed by atoms with van der Waals surface area (Å²) in [4.78, 5) is 2.51. The lowest BCUT2D eigenvalue weighted by molar-refractivity contribution is 0.768. The topological polar surface area (TPSA) is 8.17 Å². The predicted molar refractivity (Wildman–Crippen MR) is 321 cm³/mol. The monoisotopic (exact) mass is 982 g/mol. The zero-order valence-corrected chi connectivity index (χ0v) is 42.8. The molecule has 356 valence electrons. The molecule has 0 saturated heterocycles. The van der Waals surface area contributed by atoms with Gasteiger partial charge in [-0.2, -0.15) is 0 Å². The number of fused-ring (bicyclic) bond motifs is 9. The fourth-order valence-electron chi connectivity index (χ4n) is 13.4. The molecule has 0 amide bonds. The first kappa shape index (κ1) is 44.0. The summed E-state index contributed by atoms with van der Waals surface area (Å²) in [6.07, 6.45) is 0. The Hall–Kier alpha value is -9.54. The number of nitrogens with zero attached hydrogens (tertiary/aromatic N) is 2. The Kier molecular flexibility index (Phi) is 10.2. The number of para-hydroxylation sites is 2. The second-order valence-corrected chi connectivity index (χ2v) is 24.0. The van der Waals surface area contributed by atoms with Gasteiger partial charge < -0.3 is 9.47 Å². The van der Waals surface area contributed by atoms with E-state index in [9.17, 15) is 0 Å². The molecule has 2 heterocycles. The summed E-state index contributed by atoms with van der Waals surface area (Å²) in [6, 6.07) is 114. The van der Waals surface area contributed by atoms with E-state index in [0.29, 0.717) is 0 Å². The van der Waals surface area contributed by atoms with Crippen molar-refractivity contribution >= 4 is 67.7 Å². The van der Waals surface area contributed by atoms with Crippen LogP contribution in [0, 0.1) is 0 Å². The number of benzene rings is 12. The van der Waals surface area contributed by atoms with Crippen LogP contribution in [0.2, 0.25) is 0 Å². The van der Waals surface area contributed by atoms with Crippen molar-refractivity contribution in [2.24, 2.45) is 0 Å². The summed E-state index contributed by atoms with van der Waals surface area (Å²) in [5.74, 6) is 0. The molecule has 0 unspecified atom stereocenters. The molecule has 15 rings (SSSR count). The van der Waals surface area contributed by atoms with Crippen molar-refractivity contribution in [1.29, 1.82) is 0 Å². The van der Waals surface area contributed by atoms with Crippen molar-refractivity contribution in [3.8, 4) is 39.1 Å². The standard InChI is InChI=1S/C73H50N2Si/c1-4-22-51(23-5-1)52-24-20-30-59(48-52)76(71-40-18-13-35-65(71)66-36-14-19-41-72(66)76)60-31-21-29-57(49-60)74(55-42-44-56(45-43-55)75-69-38-16-11-33-63(69)64-34-12-17-39-70(64)75)58-46-47-62-61-32-10-15-37-67(61)73(68(62)50-58,53-25-6-2-7-26-53)54-27-8-3-9-28-54/h1-50H. The summed E-state index contributed by atoms with van der Waals surface area (Å²) in [7, 11) is -2.97. The Bertz CT molecular complexity index is 4210. The Morgan fingerprint density at radius 1 is 0.303 bits per heavy atom. The van der Waals surface area contributed by atoms with Gasteiger partial charge in [0.15, 0.2) is 8.07 Å². The highest BCUT2D eigenvalue weighted by Crippen LogP contribution is 2.57. The maximum Gasteiger partial charge on any atom is 0.180 e. The van der Waals surface area contributed by atoms with Gasteiger partial charge >= 0.3 is 0 Å². The minimum atomic E-state index is -2.97. The molecule has 2 nitrogen and oxygen atoms in total. The quantitative estimate of drug-likeness (QED) is 0.131. The fourth-order valence-corrected chi connectivity index (χ4v) is 18.7. The summed E-state index contributed by atoms with van der Waals surface area (Å²) in [5.41, 5.74) is 18.9. The SMILES string of the molecule is c1ccc(-c2cccc([Si]3(c4cccc(N(c5ccc(-n6c7ccccc7c7ccccc76)cc5)c5ccc6c(c5)C(c5ccccc5)(c5ccccc5)c5ccccc5-6)c4)c4ccccc4-c4ccccc43)c2)cc1. The van der Waals surface area contributed by atoms with Gasteiger partial charge in [0, 0.05) is 33.5 Å². The molecule has 12 aromatic carbocycles. The normalized spacial score (nSPS) is 13.5. The van der Waals surface area contributed by atoms with Gasteiger partial charge in [-0.15, -0.1) is 0 Å². The third-order valence-corrected chi connectivity index (χ3v) is 21.4. The first-order valence-corrected chi connectivity index (χ1v) is 28.4. The molecule has 0 spiro atoms. The number of aromatic nitrogens is 1. The van der Waals surface area contributed by atoms with E-state index >= 15 is 0 Å². The fraction of sp³-hybridized carbons (Fsp3) is 0.0137. The van der Waals surface area contributed by atoms with Crippen LogP contribution in [0.3, 0.4) is 0 Å². The average Bonchev–Trinajstić information content (AvgIpc) is 4.21.